The van der Waals surface area contributed by atoms with Gasteiger partial charge in [0.15, 0.2) is 0 Å². The van der Waals surface area contributed by atoms with Gasteiger partial charge in [0.05, 0.1) is 5.52 Å². The number of ether oxygens (including phenoxy) is 2. The van der Waals surface area contributed by atoms with Crippen molar-refractivity contribution in [3.8, 4) is 11.8 Å². The molecule has 0 amide bonds. The van der Waals surface area contributed by atoms with Crippen LogP contribution in [0.15, 0.2) is 109 Å². The van der Waals surface area contributed by atoms with E-state index in [9.17, 15) is 0 Å². The zero-order chi connectivity index (χ0) is 22.3. The quantitative estimate of drug-likeness (QED) is 0.285. The maximum atomic E-state index is 6.16. The molecule has 3 aromatic carbocycles. The Morgan fingerprint density at radius 1 is 0.545 bits per heavy atom. The molecule has 0 aliphatic rings. The van der Waals surface area contributed by atoms with Crippen molar-refractivity contribution in [1.82, 2.24) is 9.97 Å². The smallest absolute Gasteiger partial charge is 0.220 e. The molecule has 5 aromatic rings. The molecule has 0 unspecified atom stereocenters. The van der Waals surface area contributed by atoms with Gasteiger partial charge in [0.2, 0.25) is 11.8 Å². The number of hydrogen-bond acceptors (Lipinski definition) is 4. The molecule has 0 saturated carbocycles. The van der Waals surface area contributed by atoms with Crippen molar-refractivity contribution in [1.29, 1.82) is 0 Å². The molecule has 4 heteroatoms. The first kappa shape index (κ1) is 20.7. The van der Waals surface area contributed by atoms with Crippen molar-refractivity contribution in [2.75, 3.05) is 0 Å². The van der Waals surface area contributed by atoms with Gasteiger partial charge in [-0.1, -0.05) is 84.9 Å². The predicted octanol–water partition coefficient (Wildman–Crippen LogP) is 6.38. The highest BCUT2D eigenvalue weighted by molar-refractivity contribution is 5.78. The van der Waals surface area contributed by atoms with Crippen LogP contribution in [0.3, 0.4) is 0 Å². The molecule has 0 aliphatic carbocycles. The second-order valence-corrected chi connectivity index (χ2v) is 7.83. The molecule has 0 N–H and O–H groups in total. The Balaban J connectivity index is 1.39. The van der Waals surface area contributed by atoms with Crippen molar-refractivity contribution in [3.63, 3.8) is 0 Å². The Hall–Kier alpha value is -4.18. The molecule has 0 fully saturated rings. The summed E-state index contributed by atoms with van der Waals surface area (Å²) in [6.45, 7) is 0.895. The van der Waals surface area contributed by atoms with Crippen molar-refractivity contribution < 1.29 is 9.47 Å². The highest BCUT2D eigenvalue weighted by Gasteiger charge is 2.11. The average molecular weight is 433 g/mol. The molecule has 0 spiro atoms. The molecule has 5 rings (SSSR count). The fourth-order valence-corrected chi connectivity index (χ4v) is 3.65. The monoisotopic (exact) mass is 432 g/mol. The Labute approximate surface area is 193 Å². The van der Waals surface area contributed by atoms with Crippen LogP contribution < -0.4 is 9.47 Å². The molecule has 0 bridgehead atoms. The van der Waals surface area contributed by atoms with Crippen LogP contribution in [0.4, 0.5) is 0 Å². The highest BCUT2D eigenvalue weighted by Crippen LogP contribution is 2.25. The lowest BCUT2D eigenvalue weighted by atomic mass is 10.1. The van der Waals surface area contributed by atoms with E-state index < -0.39 is 0 Å². The Kier molecular flexibility index (Phi) is 6.25. The third-order valence-electron chi connectivity index (χ3n) is 5.39. The second-order valence-electron chi connectivity index (χ2n) is 7.83. The van der Waals surface area contributed by atoms with Crippen molar-refractivity contribution >= 4 is 10.9 Å². The van der Waals surface area contributed by atoms with Gasteiger partial charge in [0, 0.05) is 29.1 Å². The Morgan fingerprint density at radius 3 is 1.97 bits per heavy atom. The number of hydrogen-bond donors (Lipinski definition) is 0. The predicted molar refractivity (Wildman–Crippen MR) is 130 cm³/mol. The molecule has 0 atom stereocenters. The fourth-order valence-electron chi connectivity index (χ4n) is 3.65. The third-order valence-corrected chi connectivity index (χ3v) is 5.39. The second kappa shape index (κ2) is 9.96. The van der Waals surface area contributed by atoms with E-state index in [1.165, 1.54) is 0 Å². The van der Waals surface area contributed by atoms with E-state index in [1.54, 1.807) is 0 Å². The molecule has 33 heavy (non-hydrogen) atoms. The molecule has 0 radical (unpaired) electrons. The van der Waals surface area contributed by atoms with Gasteiger partial charge in [0.1, 0.15) is 13.2 Å². The number of nitrogens with zero attached hydrogens (tertiary/aromatic N) is 2. The lowest BCUT2D eigenvalue weighted by Crippen LogP contribution is -2.04. The summed E-state index contributed by atoms with van der Waals surface area (Å²) in [6.07, 6.45) is 0.626. The summed E-state index contributed by atoms with van der Waals surface area (Å²) in [5.41, 5.74) is 5.11. The van der Waals surface area contributed by atoms with E-state index >= 15 is 0 Å². The van der Waals surface area contributed by atoms with Crippen LogP contribution in [0, 0.1) is 0 Å². The topological polar surface area (TPSA) is 44.2 Å². The Bertz CT molecular complexity index is 1340. The Morgan fingerprint density at radius 2 is 1.21 bits per heavy atom. The molecule has 4 nitrogen and oxygen atoms in total. The summed E-state index contributed by atoms with van der Waals surface area (Å²) in [4.78, 5) is 9.50. The van der Waals surface area contributed by atoms with Crippen LogP contribution >= 0.6 is 0 Å². The minimum absolute atomic E-state index is 0.439. The van der Waals surface area contributed by atoms with Crippen molar-refractivity contribution in [2.45, 2.75) is 19.6 Å². The van der Waals surface area contributed by atoms with Gasteiger partial charge in [-0.15, -0.1) is 0 Å². The van der Waals surface area contributed by atoms with Crippen LogP contribution in [0.5, 0.6) is 11.8 Å². The van der Waals surface area contributed by atoms with Gasteiger partial charge in [0.25, 0.3) is 0 Å². The summed E-state index contributed by atoms with van der Waals surface area (Å²) < 4.78 is 12.1. The van der Waals surface area contributed by atoms with Gasteiger partial charge in [-0.25, -0.2) is 0 Å². The number of benzene rings is 3. The first-order valence-corrected chi connectivity index (χ1v) is 11.0. The summed E-state index contributed by atoms with van der Waals surface area (Å²) in [6, 6.07) is 36.4. The lowest BCUT2D eigenvalue weighted by molar-refractivity contribution is 0.265. The molecule has 162 valence electrons. The number of para-hydroxylation sites is 1. The third kappa shape index (κ3) is 5.36. The summed E-state index contributed by atoms with van der Waals surface area (Å²) >= 11 is 0. The normalized spacial score (nSPS) is 10.8. The maximum absolute atomic E-state index is 6.16. The molecule has 0 saturated heterocycles. The highest BCUT2D eigenvalue weighted by atomic mass is 16.5. The van der Waals surface area contributed by atoms with Gasteiger partial charge in [-0.05, 0) is 29.3 Å². The van der Waals surface area contributed by atoms with E-state index in [1.807, 2.05) is 91.0 Å². The van der Waals surface area contributed by atoms with Crippen LogP contribution in [-0.4, -0.2) is 9.97 Å². The zero-order valence-corrected chi connectivity index (χ0v) is 18.2. The van der Waals surface area contributed by atoms with Crippen LogP contribution in [0.1, 0.15) is 22.4 Å². The standard InChI is InChI=1S/C29H24N2O2/c1-3-9-22(10-4-1)20-32-28-18-16-25(29(31-28)33-21-23-11-5-2-6-12-23)19-26-17-15-24-13-7-8-14-27(24)30-26/h1-18H,19-21H2. The summed E-state index contributed by atoms with van der Waals surface area (Å²) in [5, 5.41) is 1.13. The summed E-state index contributed by atoms with van der Waals surface area (Å²) in [5.74, 6) is 1.11. The van der Waals surface area contributed by atoms with E-state index in [0.717, 1.165) is 33.3 Å². The number of rotatable bonds is 8. The summed E-state index contributed by atoms with van der Waals surface area (Å²) in [7, 11) is 0. The number of fused-ring (bicyclic) bond motifs is 1. The maximum Gasteiger partial charge on any atom is 0.220 e. The van der Waals surface area contributed by atoms with Gasteiger partial charge in [-0.3, -0.25) is 4.98 Å². The van der Waals surface area contributed by atoms with Gasteiger partial charge in [-0.2, -0.15) is 4.98 Å². The van der Waals surface area contributed by atoms with Crippen molar-refractivity contribution in [2.24, 2.45) is 0 Å². The van der Waals surface area contributed by atoms with E-state index in [2.05, 4.69) is 23.2 Å². The molecular formula is C29H24N2O2. The average Bonchev–Trinajstić information content (AvgIpc) is 2.88. The minimum atomic E-state index is 0.439. The molecular weight excluding hydrogens is 408 g/mol. The molecule has 2 heterocycles. The van der Waals surface area contributed by atoms with Crippen molar-refractivity contribution in [3.05, 3.63) is 132 Å². The minimum Gasteiger partial charge on any atom is -0.473 e. The van der Waals surface area contributed by atoms with E-state index in [-0.39, 0.29) is 0 Å². The van der Waals surface area contributed by atoms with E-state index in [4.69, 9.17) is 14.5 Å². The van der Waals surface area contributed by atoms with Crippen LogP contribution in [-0.2, 0) is 19.6 Å². The van der Waals surface area contributed by atoms with Gasteiger partial charge < -0.3 is 9.47 Å². The number of aromatic nitrogens is 2. The zero-order valence-electron chi connectivity index (χ0n) is 18.2. The van der Waals surface area contributed by atoms with Crippen LogP contribution in [0.2, 0.25) is 0 Å². The first-order valence-electron chi connectivity index (χ1n) is 11.0. The largest absolute Gasteiger partial charge is 0.473 e. The van der Waals surface area contributed by atoms with Crippen LogP contribution in [0.25, 0.3) is 10.9 Å². The lowest BCUT2D eigenvalue weighted by Gasteiger charge is -2.13. The van der Waals surface area contributed by atoms with Gasteiger partial charge >= 0.3 is 0 Å². The fraction of sp³-hybridized carbons (Fsp3) is 0.103. The SMILES string of the molecule is c1ccc(COc2ccc(Cc3ccc4ccccc4n3)c(OCc3ccccc3)n2)cc1. The molecule has 0 aliphatic heterocycles. The number of pyridine rings is 2. The molecule has 2 aromatic heterocycles. The van der Waals surface area contributed by atoms with E-state index in [0.29, 0.717) is 31.4 Å². The first-order chi connectivity index (χ1) is 16.3.